The Bertz CT molecular complexity index is 402. The van der Waals surface area contributed by atoms with E-state index < -0.39 is 0 Å². The zero-order valence-corrected chi connectivity index (χ0v) is 11.3. The molecule has 0 N–H and O–H groups in total. The molecule has 16 heavy (non-hydrogen) atoms. The molecule has 3 heteroatoms. The van der Waals surface area contributed by atoms with E-state index in [0.29, 0.717) is 5.41 Å². The van der Waals surface area contributed by atoms with Gasteiger partial charge in [0.2, 0.25) is 0 Å². The SMILES string of the molecule is Cc1nc(N2CC3(CCCC3)C2)ccc1Br. The maximum Gasteiger partial charge on any atom is 0.128 e. The Hall–Kier alpha value is -0.570. The van der Waals surface area contributed by atoms with Crippen LogP contribution in [0.4, 0.5) is 5.82 Å². The summed E-state index contributed by atoms with van der Waals surface area (Å²) in [5.41, 5.74) is 1.74. The van der Waals surface area contributed by atoms with Crippen LogP contribution in [0.25, 0.3) is 0 Å². The standard InChI is InChI=1S/C13H17BrN2/c1-10-11(14)4-5-12(15-10)16-8-13(9-16)6-2-3-7-13/h4-5H,2-3,6-9H2,1H3. The van der Waals surface area contributed by atoms with Crippen molar-refractivity contribution >= 4 is 21.7 Å². The largest absolute Gasteiger partial charge is 0.355 e. The van der Waals surface area contributed by atoms with Gasteiger partial charge in [0.1, 0.15) is 5.82 Å². The molecule has 86 valence electrons. The van der Waals surface area contributed by atoms with Crippen molar-refractivity contribution in [2.24, 2.45) is 5.41 Å². The molecule has 1 aromatic heterocycles. The molecule has 2 heterocycles. The summed E-state index contributed by atoms with van der Waals surface area (Å²) in [5, 5.41) is 0. The van der Waals surface area contributed by atoms with Crippen molar-refractivity contribution < 1.29 is 0 Å². The van der Waals surface area contributed by atoms with Gasteiger partial charge in [-0.05, 0) is 47.8 Å². The zero-order valence-electron chi connectivity index (χ0n) is 9.67. The Kier molecular flexibility index (Phi) is 2.46. The molecule has 0 amide bonds. The Labute approximate surface area is 105 Å². The van der Waals surface area contributed by atoms with E-state index in [2.05, 4.69) is 44.9 Å². The van der Waals surface area contributed by atoms with Gasteiger partial charge in [0.15, 0.2) is 0 Å². The second kappa shape index (κ2) is 3.73. The number of halogens is 1. The predicted molar refractivity (Wildman–Crippen MR) is 69.8 cm³/mol. The minimum atomic E-state index is 0.655. The molecule has 1 aliphatic heterocycles. The second-order valence-corrected chi connectivity index (χ2v) is 6.15. The molecule has 2 fully saturated rings. The fraction of sp³-hybridized carbons (Fsp3) is 0.615. The van der Waals surface area contributed by atoms with Crippen LogP contribution in [0.5, 0.6) is 0 Å². The topological polar surface area (TPSA) is 16.1 Å². The molecule has 0 aromatic carbocycles. The van der Waals surface area contributed by atoms with E-state index in [1.165, 1.54) is 38.8 Å². The van der Waals surface area contributed by atoms with Crippen LogP contribution in [-0.4, -0.2) is 18.1 Å². The third kappa shape index (κ3) is 1.65. The van der Waals surface area contributed by atoms with Crippen LogP contribution >= 0.6 is 15.9 Å². The molecule has 2 aliphatic rings. The highest BCUT2D eigenvalue weighted by atomic mass is 79.9. The van der Waals surface area contributed by atoms with Crippen molar-refractivity contribution in [3.05, 3.63) is 22.3 Å². The van der Waals surface area contributed by atoms with E-state index in [4.69, 9.17) is 0 Å². The lowest BCUT2D eigenvalue weighted by molar-refractivity contribution is 0.220. The average molecular weight is 281 g/mol. The predicted octanol–water partition coefficient (Wildman–Crippen LogP) is 3.53. The van der Waals surface area contributed by atoms with Crippen LogP contribution in [0.15, 0.2) is 16.6 Å². The number of aryl methyl sites for hydroxylation is 1. The van der Waals surface area contributed by atoms with Crippen molar-refractivity contribution in [3.63, 3.8) is 0 Å². The van der Waals surface area contributed by atoms with Crippen molar-refractivity contribution in [1.29, 1.82) is 0 Å². The first-order valence-electron chi connectivity index (χ1n) is 6.07. The van der Waals surface area contributed by atoms with Crippen LogP contribution in [0.3, 0.4) is 0 Å². The molecule has 1 saturated heterocycles. The van der Waals surface area contributed by atoms with E-state index >= 15 is 0 Å². The summed E-state index contributed by atoms with van der Waals surface area (Å²) in [5.74, 6) is 1.15. The number of hydrogen-bond donors (Lipinski definition) is 0. The molecule has 0 bridgehead atoms. The van der Waals surface area contributed by atoms with E-state index in [9.17, 15) is 0 Å². The first-order valence-corrected chi connectivity index (χ1v) is 6.86. The summed E-state index contributed by atoms with van der Waals surface area (Å²) < 4.78 is 1.10. The summed E-state index contributed by atoms with van der Waals surface area (Å²) in [4.78, 5) is 7.05. The van der Waals surface area contributed by atoms with Crippen LogP contribution in [-0.2, 0) is 0 Å². The molecule has 0 atom stereocenters. The van der Waals surface area contributed by atoms with Gasteiger partial charge in [-0.1, -0.05) is 12.8 Å². The molecule has 1 spiro atoms. The highest BCUT2D eigenvalue weighted by Gasteiger charge is 2.45. The lowest BCUT2D eigenvalue weighted by Crippen LogP contribution is -2.55. The Morgan fingerprint density at radius 3 is 2.56 bits per heavy atom. The number of anilines is 1. The normalized spacial score (nSPS) is 22.5. The highest BCUT2D eigenvalue weighted by Crippen LogP contribution is 2.46. The van der Waals surface area contributed by atoms with Gasteiger partial charge in [-0.2, -0.15) is 0 Å². The summed E-state index contributed by atoms with van der Waals surface area (Å²) in [7, 11) is 0. The van der Waals surface area contributed by atoms with Gasteiger partial charge >= 0.3 is 0 Å². The van der Waals surface area contributed by atoms with E-state index in [-0.39, 0.29) is 0 Å². The van der Waals surface area contributed by atoms with Gasteiger partial charge in [0.25, 0.3) is 0 Å². The lowest BCUT2D eigenvalue weighted by atomic mass is 9.78. The molecule has 1 aliphatic carbocycles. The fourth-order valence-corrected chi connectivity index (χ4v) is 3.29. The summed E-state index contributed by atoms with van der Waals surface area (Å²) in [6, 6.07) is 4.23. The number of nitrogens with zero attached hydrogens (tertiary/aromatic N) is 2. The van der Waals surface area contributed by atoms with Crippen LogP contribution in [0.2, 0.25) is 0 Å². The fourth-order valence-electron chi connectivity index (χ4n) is 3.07. The minimum Gasteiger partial charge on any atom is -0.355 e. The van der Waals surface area contributed by atoms with Crippen LogP contribution in [0.1, 0.15) is 31.4 Å². The number of hydrogen-bond acceptors (Lipinski definition) is 2. The van der Waals surface area contributed by atoms with Gasteiger partial charge < -0.3 is 4.90 Å². The smallest absolute Gasteiger partial charge is 0.128 e. The molecule has 2 nitrogen and oxygen atoms in total. The number of rotatable bonds is 1. The molecular formula is C13H17BrN2. The Balaban J connectivity index is 1.73. The second-order valence-electron chi connectivity index (χ2n) is 5.30. The third-order valence-corrected chi connectivity index (χ3v) is 4.89. The van der Waals surface area contributed by atoms with Gasteiger partial charge in [0.05, 0.1) is 5.69 Å². The van der Waals surface area contributed by atoms with Crippen molar-refractivity contribution in [2.75, 3.05) is 18.0 Å². The Morgan fingerprint density at radius 1 is 1.25 bits per heavy atom. The lowest BCUT2D eigenvalue weighted by Gasteiger charge is -2.49. The van der Waals surface area contributed by atoms with Crippen LogP contribution < -0.4 is 4.90 Å². The van der Waals surface area contributed by atoms with Gasteiger partial charge in [-0.25, -0.2) is 4.98 Å². The van der Waals surface area contributed by atoms with Crippen molar-refractivity contribution in [3.8, 4) is 0 Å². The van der Waals surface area contributed by atoms with Crippen molar-refractivity contribution in [2.45, 2.75) is 32.6 Å². The molecule has 3 rings (SSSR count). The van der Waals surface area contributed by atoms with E-state index in [0.717, 1.165) is 16.0 Å². The maximum absolute atomic E-state index is 4.63. The monoisotopic (exact) mass is 280 g/mol. The minimum absolute atomic E-state index is 0.655. The quantitative estimate of drug-likeness (QED) is 0.782. The third-order valence-electron chi connectivity index (χ3n) is 4.05. The number of pyridine rings is 1. The van der Waals surface area contributed by atoms with E-state index in [1.54, 1.807) is 0 Å². The van der Waals surface area contributed by atoms with E-state index in [1.807, 2.05) is 0 Å². The van der Waals surface area contributed by atoms with Gasteiger partial charge in [0, 0.05) is 23.0 Å². The maximum atomic E-state index is 4.63. The molecule has 1 aromatic rings. The van der Waals surface area contributed by atoms with Crippen LogP contribution in [0, 0.1) is 12.3 Å². The first kappa shape index (κ1) is 10.6. The zero-order chi connectivity index (χ0) is 11.2. The Morgan fingerprint density at radius 2 is 1.94 bits per heavy atom. The summed E-state index contributed by atoms with van der Waals surface area (Å²) in [6.07, 6.45) is 5.72. The summed E-state index contributed by atoms with van der Waals surface area (Å²) >= 11 is 3.50. The summed E-state index contributed by atoms with van der Waals surface area (Å²) in [6.45, 7) is 4.50. The highest BCUT2D eigenvalue weighted by molar-refractivity contribution is 9.10. The molecule has 1 saturated carbocycles. The number of aromatic nitrogens is 1. The molecule has 0 radical (unpaired) electrons. The van der Waals surface area contributed by atoms with Gasteiger partial charge in [-0.3, -0.25) is 0 Å². The average Bonchev–Trinajstić information content (AvgIpc) is 2.69. The first-order chi connectivity index (χ1) is 7.69. The molecular weight excluding hydrogens is 264 g/mol. The molecule has 0 unspecified atom stereocenters. The van der Waals surface area contributed by atoms with Gasteiger partial charge in [-0.15, -0.1) is 0 Å². The van der Waals surface area contributed by atoms with Crippen molar-refractivity contribution in [1.82, 2.24) is 4.98 Å².